The minimum atomic E-state index is 0.750. The Bertz CT molecular complexity index is 255. The van der Waals surface area contributed by atoms with Crippen molar-refractivity contribution < 1.29 is 0 Å². The molecule has 4 heteroatoms. The van der Waals surface area contributed by atoms with Crippen LogP contribution in [0.25, 0.3) is 0 Å². The standard InChI is InChI=1S/C6H10N4.C3H8.C2H6/c7-5-4-9-10-3-1-2-8-6(5)10;1-3-2;1-2/h4,8H,1-3,7H2;3H2,1-2H3;1-2H3. The molecule has 0 saturated carbocycles. The summed E-state index contributed by atoms with van der Waals surface area (Å²) in [5.41, 5.74) is 6.37. The Labute approximate surface area is 92.9 Å². The molecule has 15 heavy (non-hydrogen) atoms. The summed E-state index contributed by atoms with van der Waals surface area (Å²) in [5, 5.41) is 7.27. The molecule has 3 N–H and O–H groups in total. The van der Waals surface area contributed by atoms with Gasteiger partial charge in [0.05, 0.1) is 11.9 Å². The highest BCUT2D eigenvalue weighted by Gasteiger charge is 2.10. The van der Waals surface area contributed by atoms with E-state index in [0.29, 0.717) is 0 Å². The highest BCUT2D eigenvalue weighted by Crippen LogP contribution is 2.20. The summed E-state index contributed by atoms with van der Waals surface area (Å²) >= 11 is 0. The maximum absolute atomic E-state index is 5.62. The maximum atomic E-state index is 5.62. The number of fused-ring (bicyclic) bond motifs is 1. The van der Waals surface area contributed by atoms with Gasteiger partial charge in [0, 0.05) is 13.1 Å². The number of rotatable bonds is 0. The van der Waals surface area contributed by atoms with Gasteiger partial charge in [0.25, 0.3) is 0 Å². The van der Waals surface area contributed by atoms with Crippen LogP contribution in [0.3, 0.4) is 0 Å². The predicted molar refractivity (Wildman–Crippen MR) is 67.1 cm³/mol. The molecule has 0 spiro atoms. The Kier molecular flexibility index (Phi) is 7.50. The number of nitrogen functional groups attached to an aromatic ring is 1. The number of nitrogens with two attached hydrogens (primary N) is 1. The lowest BCUT2D eigenvalue weighted by Gasteiger charge is -2.15. The molecule has 0 amide bonds. The SMILES string of the molecule is CC.CCC.Nc1cnn2c1NCCC2. The zero-order valence-electron chi connectivity index (χ0n) is 10.4. The highest BCUT2D eigenvalue weighted by atomic mass is 15.3. The molecule has 1 aliphatic heterocycles. The van der Waals surface area contributed by atoms with Crippen molar-refractivity contribution in [2.45, 2.75) is 47.1 Å². The molecular weight excluding hydrogens is 188 g/mol. The number of nitrogens with one attached hydrogen (secondary N) is 1. The first-order chi connectivity index (χ1) is 7.29. The van der Waals surface area contributed by atoms with Gasteiger partial charge in [0.1, 0.15) is 5.82 Å². The van der Waals surface area contributed by atoms with E-state index in [2.05, 4.69) is 24.3 Å². The number of aryl methyl sites for hydroxylation is 1. The molecule has 2 rings (SSSR count). The quantitative estimate of drug-likeness (QED) is 0.695. The molecule has 0 saturated heterocycles. The van der Waals surface area contributed by atoms with Crippen molar-refractivity contribution in [1.29, 1.82) is 0 Å². The summed E-state index contributed by atoms with van der Waals surface area (Å²) in [6.07, 6.45) is 4.07. The second-order valence-electron chi connectivity index (χ2n) is 3.16. The lowest BCUT2D eigenvalue weighted by molar-refractivity contribution is 0.568. The average Bonchev–Trinajstić information content (AvgIpc) is 2.65. The van der Waals surface area contributed by atoms with Crippen LogP contribution in [0.4, 0.5) is 11.5 Å². The van der Waals surface area contributed by atoms with Gasteiger partial charge in [-0.2, -0.15) is 5.10 Å². The summed E-state index contributed by atoms with van der Waals surface area (Å²) in [5.74, 6) is 0.978. The van der Waals surface area contributed by atoms with Crippen LogP contribution in [-0.2, 0) is 6.54 Å². The molecule has 1 aliphatic rings. The van der Waals surface area contributed by atoms with Crippen molar-refractivity contribution in [1.82, 2.24) is 9.78 Å². The third-order valence-electron chi connectivity index (χ3n) is 1.71. The Morgan fingerprint density at radius 2 is 2.07 bits per heavy atom. The molecule has 4 nitrogen and oxygen atoms in total. The third-order valence-corrected chi connectivity index (χ3v) is 1.71. The second kappa shape index (κ2) is 8.15. The van der Waals surface area contributed by atoms with Crippen molar-refractivity contribution in [3.63, 3.8) is 0 Å². The molecule has 2 heterocycles. The summed E-state index contributed by atoms with van der Waals surface area (Å²) in [6.45, 7) is 10.2. The van der Waals surface area contributed by atoms with Gasteiger partial charge in [-0.25, -0.2) is 4.68 Å². The molecule has 0 unspecified atom stereocenters. The van der Waals surface area contributed by atoms with Crippen LogP contribution in [0.5, 0.6) is 0 Å². The monoisotopic (exact) mass is 212 g/mol. The topological polar surface area (TPSA) is 55.9 Å². The Hall–Kier alpha value is -1.19. The molecule has 0 bridgehead atoms. The van der Waals surface area contributed by atoms with Crippen LogP contribution < -0.4 is 11.1 Å². The van der Waals surface area contributed by atoms with E-state index in [1.807, 2.05) is 18.5 Å². The van der Waals surface area contributed by atoms with E-state index in [9.17, 15) is 0 Å². The maximum Gasteiger partial charge on any atom is 0.147 e. The van der Waals surface area contributed by atoms with Gasteiger partial charge in [-0.15, -0.1) is 0 Å². The first-order valence-electron chi connectivity index (χ1n) is 5.84. The third kappa shape index (κ3) is 4.23. The fraction of sp³-hybridized carbons (Fsp3) is 0.727. The lowest BCUT2D eigenvalue weighted by Crippen LogP contribution is -2.18. The zero-order chi connectivity index (χ0) is 11.7. The zero-order valence-corrected chi connectivity index (χ0v) is 10.4. The van der Waals surface area contributed by atoms with Gasteiger partial charge in [-0.3, -0.25) is 0 Å². The van der Waals surface area contributed by atoms with Crippen molar-refractivity contribution >= 4 is 11.5 Å². The number of aromatic nitrogens is 2. The number of hydrogen-bond acceptors (Lipinski definition) is 3. The Morgan fingerprint density at radius 1 is 1.47 bits per heavy atom. The summed E-state index contributed by atoms with van der Waals surface area (Å²) < 4.78 is 1.90. The van der Waals surface area contributed by atoms with E-state index in [1.54, 1.807) is 6.20 Å². The van der Waals surface area contributed by atoms with Crippen molar-refractivity contribution in [3.05, 3.63) is 6.20 Å². The molecule has 1 aromatic heterocycles. The first kappa shape index (κ1) is 13.8. The fourth-order valence-electron chi connectivity index (χ4n) is 1.20. The number of anilines is 2. The fourth-order valence-corrected chi connectivity index (χ4v) is 1.20. The van der Waals surface area contributed by atoms with E-state index < -0.39 is 0 Å². The van der Waals surface area contributed by atoms with Crippen LogP contribution in [0.15, 0.2) is 6.20 Å². The van der Waals surface area contributed by atoms with E-state index in [0.717, 1.165) is 31.0 Å². The van der Waals surface area contributed by atoms with Crippen molar-refractivity contribution in [3.8, 4) is 0 Å². The molecule has 1 aromatic rings. The van der Waals surface area contributed by atoms with Crippen LogP contribution in [0.2, 0.25) is 0 Å². The predicted octanol–water partition coefficient (Wildman–Crippen LogP) is 2.72. The van der Waals surface area contributed by atoms with Gasteiger partial charge in [-0.1, -0.05) is 34.1 Å². The molecule has 0 aromatic carbocycles. The lowest BCUT2D eigenvalue weighted by atomic mass is 10.3. The number of hydrogen-bond donors (Lipinski definition) is 2. The molecule has 0 atom stereocenters. The van der Waals surface area contributed by atoms with Gasteiger partial charge in [0.2, 0.25) is 0 Å². The van der Waals surface area contributed by atoms with Crippen LogP contribution in [0.1, 0.15) is 40.5 Å². The van der Waals surface area contributed by atoms with E-state index in [4.69, 9.17) is 5.73 Å². The number of nitrogens with zero attached hydrogens (tertiary/aromatic N) is 2. The molecule has 0 aliphatic carbocycles. The average molecular weight is 212 g/mol. The van der Waals surface area contributed by atoms with E-state index in [-0.39, 0.29) is 0 Å². The molecule has 0 radical (unpaired) electrons. The van der Waals surface area contributed by atoms with Crippen molar-refractivity contribution in [2.75, 3.05) is 17.6 Å². The summed E-state index contributed by atoms with van der Waals surface area (Å²) in [4.78, 5) is 0. The summed E-state index contributed by atoms with van der Waals surface area (Å²) in [7, 11) is 0. The smallest absolute Gasteiger partial charge is 0.147 e. The molecule has 0 fully saturated rings. The first-order valence-corrected chi connectivity index (χ1v) is 5.84. The Balaban J connectivity index is 0.000000342. The highest BCUT2D eigenvalue weighted by molar-refractivity contribution is 5.61. The van der Waals surface area contributed by atoms with Gasteiger partial charge in [0.15, 0.2) is 0 Å². The minimum absolute atomic E-state index is 0.750. The largest absolute Gasteiger partial charge is 0.394 e. The van der Waals surface area contributed by atoms with Crippen LogP contribution >= 0.6 is 0 Å². The van der Waals surface area contributed by atoms with Crippen LogP contribution in [0, 0.1) is 0 Å². The van der Waals surface area contributed by atoms with Gasteiger partial charge < -0.3 is 11.1 Å². The molecule has 88 valence electrons. The second-order valence-corrected chi connectivity index (χ2v) is 3.16. The van der Waals surface area contributed by atoms with E-state index in [1.165, 1.54) is 6.42 Å². The van der Waals surface area contributed by atoms with Gasteiger partial charge in [-0.05, 0) is 6.42 Å². The molecular formula is C11H24N4. The van der Waals surface area contributed by atoms with E-state index >= 15 is 0 Å². The minimum Gasteiger partial charge on any atom is -0.394 e. The Morgan fingerprint density at radius 3 is 2.60 bits per heavy atom. The van der Waals surface area contributed by atoms with Crippen molar-refractivity contribution in [2.24, 2.45) is 0 Å². The van der Waals surface area contributed by atoms with Gasteiger partial charge >= 0.3 is 0 Å². The van der Waals surface area contributed by atoms with Crippen LogP contribution in [-0.4, -0.2) is 16.3 Å². The normalized spacial score (nSPS) is 12.3. The summed E-state index contributed by atoms with van der Waals surface area (Å²) in [6, 6.07) is 0.